The van der Waals surface area contributed by atoms with E-state index in [-0.39, 0.29) is 0 Å². The normalized spacial score (nSPS) is 10.8. The molecule has 0 saturated carbocycles. The molecule has 0 radical (unpaired) electrons. The van der Waals surface area contributed by atoms with Crippen LogP contribution in [-0.2, 0) is 0 Å². The van der Waals surface area contributed by atoms with Crippen LogP contribution in [0.1, 0.15) is 4.88 Å². The standard InChI is InChI=1S/C14H12ClN3S/c1-8-5-6-11(19-8)13-12(14(16)18-17-13)9-3-2-4-10(15)7-9/h2-7H,1H3,(H3,16,17,18). The van der Waals surface area contributed by atoms with Gasteiger partial charge in [-0.05, 0) is 36.8 Å². The van der Waals surface area contributed by atoms with E-state index in [0.29, 0.717) is 10.8 Å². The highest BCUT2D eigenvalue weighted by Gasteiger charge is 2.16. The van der Waals surface area contributed by atoms with E-state index in [1.54, 1.807) is 11.3 Å². The van der Waals surface area contributed by atoms with Crippen LogP contribution in [0.3, 0.4) is 0 Å². The Morgan fingerprint density at radius 3 is 2.79 bits per heavy atom. The Balaban J connectivity index is 2.19. The maximum atomic E-state index is 6.05. The van der Waals surface area contributed by atoms with E-state index < -0.39 is 0 Å². The van der Waals surface area contributed by atoms with Gasteiger partial charge in [0.1, 0.15) is 0 Å². The fourth-order valence-electron chi connectivity index (χ4n) is 2.04. The number of aromatic nitrogens is 2. The number of halogens is 1. The summed E-state index contributed by atoms with van der Waals surface area (Å²) in [4.78, 5) is 2.37. The molecule has 0 aliphatic rings. The molecule has 19 heavy (non-hydrogen) atoms. The molecule has 0 aliphatic heterocycles. The number of hydrogen-bond donors (Lipinski definition) is 2. The van der Waals surface area contributed by atoms with Crippen molar-refractivity contribution in [3.63, 3.8) is 0 Å². The van der Waals surface area contributed by atoms with Gasteiger partial charge in [0, 0.05) is 9.90 Å². The molecule has 0 bridgehead atoms. The van der Waals surface area contributed by atoms with Crippen LogP contribution in [0.15, 0.2) is 36.4 Å². The van der Waals surface area contributed by atoms with Crippen LogP contribution < -0.4 is 5.73 Å². The number of nitrogens with two attached hydrogens (primary N) is 1. The van der Waals surface area contributed by atoms with Crippen molar-refractivity contribution < 1.29 is 0 Å². The molecule has 0 unspecified atom stereocenters. The highest BCUT2D eigenvalue weighted by atomic mass is 35.5. The molecule has 2 aromatic heterocycles. The van der Waals surface area contributed by atoms with Gasteiger partial charge in [-0.1, -0.05) is 23.7 Å². The second kappa shape index (κ2) is 4.72. The first-order valence-electron chi connectivity index (χ1n) is 5.82. The van der Waals surface area contributed by atoms with Crippen molar-refractivity contribution in [2.75, 3.05) is 5.73 Å². The largest absolute Gasteiger partial charge is 0.382 e. The summed E-state index contributed by atoms with van der Waals surface area (Å²) in [5.41, 5.74) is 8.81. The number of nitrogens with one attached hydrogen (secondary N) is 1. The summed E-state index contributed by atoms with van der Waals surface area (Å²) in [6, 6.07) is 11.8. The lowest BCUT2D eigenvalue weighted by Crippen LogP contribution is -1.88. The molecule has 3 aromatic rings. The monoisotopic (exact) mass is 289 g/mol. The molecule has 3 rings (SSSR count). The predicted molar refractivity (Wildman–Crippen MR) is 81.5 cm³/mol. The molecular formula is C14H12ClN3S. The summed E-state index contributed by atoms with van der Waals surface area (Å²) in [6.07, 6.45) is 0. The maximum absolute atomic E-state index is 6.05. The van der Waals surface area contributed by atoms with E-state index in [9.17, 15) is 0 Å². The fraction of sp³-hybridized carbons (Fsp3) is 0.0714. The molecule has 0 fully saturated rings. The van der Waals surface area contributed by atoms with Crippen LogP contribution in [0.5, 0.6) is 0 Å². The van der Waals surface area contributed by atoms with Crippen molar-refractivity contribution >= 4 is 28.8 Å². The van der Waals surface area contributed by atoms with E-state index in [1.807, 2.05) is 24.3 Å². The number of aryl methyl sites for hydroxylation is 1. The number of benzene rings is 1. The summed E-state index contributed by atoms with van der Waals surface area (Å²) < 4.78 is 0. The smallest absolute Gasteiger partial charge is 0.153 e. The van der Waals surface area contributed by atoms with E-state index in [4.69, 9.17) is 17.3 Å². The zero-order valence-electron chi connectivity index (χ0n) is 10.3. The third kappa shape index (κ3) is 2.25. The number of hydrogen-bond acceptors (Lipinski definition) is 3. The maximum Gasteiger partial charge on any atom is 0.153 e. The summed E-state index contributed by atoms with van der Waals surface area (Å²) >= 11 is 7.76. The SMILES string of the molecule is Cc1ccc(-c2[nH]nc(N)c2-c2cccc(Cl)c2)s1. The number of H-pyrrole nitrogens is 1. The lowest BCUT2D eigenvalue weighted by atomic mass is 10.0. The minimum atomic E-state index is 0.489. The molecule has 0 amide bonds. The van der Waals surface area contributed by atoms with E-state index >= 15 is 0 Å². The van der Waals surface area contributed by atoms with E-state index in [1.165, 1.54) is 4.88 Å². The third-order valence-electron chi connectivity index (χ3n) is 2.89. The van der Waals surface area contributed by atoms with Gasteiger partial charge in [0.05, 0.1) is 16.1 Å². The van der Waals surface area contributed by atoms with Crippen LogP contribution >= 0.6 is 22.9 Å². The minimum absolute atomic E-state index is 0.489. The van der Waals surface area contributed by atoms with Crippen LogP contribution in [0.25, 0.3) is 21.7 Å². The molecule has 1 aromatic carbocycles. The first-order valence-corrected chi connectivity index (χ1v) is 7.01. The van der Waals surface area contributed by atoms with Gasteiger partial charge < -0.3 is 5.73 Å². The Morgan fingerprint density at radius 2 is 2.11 bits per heavy atom. The lowest BCUT2D eigenvalue weighted by molar-refractivity contribution is 1.11. The Morgan fingerprint density at radius 1 is 1.26 bits per heavy atom. The molecular weight excluding hydrogens is 278 g/mol. The van der Waals surface area contributed by atoms with Crippen molar-refractivity contribution in [2.45, 2.75) is 6.92 Å². The van der Waals surface area contributed by atoms with Crippen molar-refractivity contribution in [3.05, 3.63) is 46.3 Å². The molecule has 2 heterocycles. The van der Waals surface area contributed by atoms with E-state index in [0.717, 1.165) is 21.7 Å². The Kier molecular flexibility index (Phi) is 3.05. The topological polar surface area (TPSA) is 54.7 Å². The van der Waals surface area contributed by atoms with Crippen LogP contribution in [0.4, 0.5) is 5.82 Å². The Labute approximate surface area is 120 Å². The average molecular weight is 290 g/mol. The number of anilines is 1. The number of thiophene rings is 1. The van der Waals surface area contributed by atoms with Crippen LogP contribution in [-0.4, -0.2) is 10.2 Å². The number of nitrogen functional groups attached to an aromatic ring is 1. The predicted octanol–water partition coefficient (Wildman–Crippen LogP) is 4.35. The van der Waals surface area contributed by atoms with Crippen molar-refractivity contribution in [2.24, 2.45) is 0 Å². The fourth-order valence-corrected chi connectivity index (χ4v) is 3.10. The van der Waals surface area contributed by atoms with Crippen LogP contribution in [0.2, 0.25) is 5.02 Å². The molecule has 0 spiro atoms. The third-order valence-corrected chi connectivity index (χ3v) is 4.15. The van der Waals surface area contributed by atoms with Gasteiger partial charge in [-0.3, -0.25) is 5.10 Å². The Hall–Kier alpha value is -1.78. The lowest BCUT2D eigenvalue weighted by Gasteiger charge is -2.03. The molecule has 0 atom stereocenters. The summed E-state index contributed by atoms with van der Waals surface area (Å²) in [5, 5.41) is 7.83. The summed E-state index contributed by atoms with van der Waals surface area (Å²) in [5.74, 6) is 0.489. The summed E-state index contributed by atoms with van der Waals surface area (Å²) in [6.45, 7) is 2.08. The first kappa shape index (κ1) is 12.3. The quantitative estimate of drug-likeness (QED) is 0.737. The van der Waals surface area contributed by atoms with Gasteiger partial charge in [-0.15, -0.1) is 11.3 Å². The summed E-state index contributed by atoms with van der Waals surface area (Å²) in [7, 11) is 0. The molecule has 96 valence electrons. The molecule has 3 nitrogen and oxygen atoms in total. The molecule has 5 heteroatoms. The van der Waals surface area contributed by atoms with Gasteiger partial charge in [0.2, 0.25) is 0 Å². The van der Waals surface area contributed by atoms with Crippen molar-refractivity contribution in [3.8, 4) is 21.7 Å². The minimum Gasteiger partial charge on any atom is -0.382 e. The van der Waals surface area contributed by atoms with Crippen molar-refractivity contribution in [1.82, 2.24) is 10.2 Å². The zero-order valence-corrected chi connectivity index (χ0v) is 11.8. The van der Waals surface area contributed by atoms with Crippen molar-refractivity contribution in [1.29, 1.82) is 0 Å². The second-order valence-electron chi connectivity index (χ2n) is 4.28. The molecule has 3 N–H and O–H groups in total. The average Bonchev–Trinajstić information content (AvgIpc) is 2.95. The Bertz CT molecular complexity index is 730. The number of rotatable bonds is 2. The van der Waals surface area contributed by atoms with Gasteiger partial charge in [-0.2, -0.15) is 5.10 Å². The first-order chi connectivity index (χ1) is 9.15. The highest BCUT2D eigenvalue weighted by molar-refractivity contribution is 7.15. The van der Waals surface area contributed by atoms with E-state index in [2.05, 4.69) is 29.3 Å². The van der Waals surface area contributed by atoms with Gasteiger partial charge >= 0.3 is 0 Å². The number of aromatic amines is 1. The highest BCUT2D eigenvalue weighted by Crippen LogP contribution is 2.38. The zero-order chi connectivity index (χ0) is 13.4. The number of nitrogens with zero attached hydrogens (tertiary/aromatic N) is 1. The van der Waals surface area contributed by atoms with Gasteiger partial charge in [-0.25, -0.2) is 0 Å². The molecule has 0 saturated heterocycles. The van der Waals surface area contributed by atoms with Crippen LogP contribution in [0, 0.1) is 6.92 Å². The van der Waals surface area contributed by atoms with Gasteiger partial charge in [0.15, 0.2) is 5.82 Å². The second-order valence-corrected chi connectivity index (χ2v) is 6.00. The van der Waals surface area contributed by atoms with Gasteiger partial charge in [0.25, 0.3) is 0 Å². The molecule has 0 aliphatic carbocycles.